The van der Waals surface area contributed by atoms with Gasteiger partial charge in [0.05, 0.1) is 4.90 Å². The zero-order valence-corrected chi connectivity index (χ0v) is 14.6. The van der Waals surface area contributed by atoms with Crippen LogP contribution in [0.3, 0.4) is 0 Å². The van der Waals surface area contributed by atoms with Gasteiger partial charge in [0.2, 0.25) is 0 Å². The van der Waals surface area contributed by atoms with E-state index in [-0.39, 0.29) is 17.9 Å². The number of ether oxygens (including phenoxy) is 1. The van der Waals surface area contributed by atoms with Gasteiger partial charge < -0.3 is 15.2 Å². The first-order chi connectivity index (χ1) is 9.46. The maximum atomic E-state index is 9.98. The van der Waals surface area contributed by atoms with Crippen LogP contribution in [0.5, 0.6) is 5.75 Å². The molecule has 1 heterocycles. The third-order valence-corrected chi connectivity index (χ3v) is 4.44. The molecular weight excluding hydrogens is 306 g/mol. The lowest BCUT2D eigenvalue weighted by Crippen LogP contribution is -2.42. The van der Waals surface area contributed by atoms with Gasteiger partial charge in [0, 0.05) is 12.1 Å². The van der Waals surface area contributed by atoms with Gasteiger partial charge in [-0.05, 0) is 51.0 Å². The molecule has 1 atom stereocenters. The van der Waals surface area contributed by atoms with E-state index in [0.29, 0.717) is 13.2 Å². The number of nitrogens with one attached hydrogen (secondary N) is 1. The molecule has 1 aliphatic rings. The summed E-state index contributed by atoms with van der Waals surface area (Å²) in [6.45, 7) is 7.14. The van der Waals surface area contributed by atoms with Crippen molar-refractivity contribution in [1.82, 2.24) is 5.32 Å². The molecule has 1 aromatic rings. The molecule has 0 spiro atoms. The first-order valence-corrected chi connectivity index (χ1v) is 8.25. The minimum absolute atomic E-state index is 0. The largest absolute Gasteiger partial charge is 0.490 e. The predicted octanol–water partition coefficient (Wildman–Crippen LogP) is 3.27. The fourth-order valence-electron chi connectivity index (χ4n) is 2.14. The highest BCUT2D eigenvalue weighted by Crippen LogP contribution is 2.37. The topological polar surface area (TPSA) is 41.5 Å². The summed E-state index contributed by atoms with van der Waals surface area (Å²) < 4.78 is 5.82. The van der Waals surface area contributed by atoms with Crippen molar-refractivity contribution < 1.29 is 9.84 Å². The Morgan fingerprint density at radius 2 is 2.14 bits per heavy atom. The third kappa shape index (κ3) is 6.07. The van der Waals surface area contributed by atoms with E-state index < -0.39 is 6.10 Å². The standard InChI is InChI=1S/C16H25NO2S.ClH/c1-16(2,3)17-10-13(18)11-19-14-8-4-6-12-7-5-9-20-15(12)14;/h4,6,8,13,17-18H,5,7,9-11H2,1-3H3;1H/t13-;/m0./s1. The van der Waals surface area contributed by atoms with E-state index in [1.165, 1.54) is 16.9 Å². The number of hydrogen-bond acceptors (Lipinski definition) is 4. The van der Waals surface area contributed by atoms with Gasteiger partial charge in [-0.1, -0.05) is 12.1 Å². The molecule has 0 saturated heterocycles. The first kappa shape index (κ1) is 18.6. The molecule has 0 bridgehead atoms. The lowest BCUT2D eigenvalue weighted by atomic mass is 10.1. The highest BCUT2D eigenvalue weighted by Gasteiger charge is 2.16. The maximum absolute atomic E-state index is 9.98. The van der Waals surface area contributed by atoms with Crippen LogP contribution in [0.15, 0.2) is 23.1 Å². The summed E-state index contributed by atoms with van der Waals surface area (Å²) in [4.78, 5) is 1.26. The van der Waals surface area contributed by atoms with E-state index in [0.717, 1.165) is 17.9 Å². The molecule has 0 saturated carbocycles. The van der Waals surface area contributed by atoms with Crippen LogP contribution in [-0.4, -0.2) is 35.7 Å². The van der Waals surface area contributed by atoms with Crippen molar-refractivity contribution in [2.75, 3.05) is 18.9 Å². The number of hydrogen-bond donors (Lipinski definition) is 2. The number of β-amino-alcohol motifs (C(OH)–C–C–N with tert-alkyl or cyclic N) is 1. The van der Waals surface area contributed by atoms with Crippen LogP contribution in [-0.2, 0) is 6.42 Å². The van der Waals surface area contributed by atoms with E-state index in [4.69, 9.17) is 4.74 Å². The summed E-state index contributed by atoms with van der Waals surface area (Å²) in [5.74, 6) is 2.07. The van der Waals surface area contributed by atoms with E-state index >= 15 is 0 Å². The summed E-state index contributed by atoms with van der Waals surface area (Å²) in [5, 5.41) is 13.3. The number of aliphatic hydroxyl groups excluding tert-OH is 1. The van der Waals surface area contributed by atoms with Crippen molar-refractivity contribution in [1.29, 1.82) is 0 Å². The molecule has 0 aliphatic carbocycles. The zero-order chi connectivity index (χ0) is 14.6. The van der Waals surface area contributed by atoms with Crippen molar-refractivity contribution in [2.24, 2.45) is 0 Å². The Labute approximate surface area is 138 Å². The second-order valence-electron chi connectivity index (χ2n) is 6.29. The lowest BCUT2D eigenvalue weighted by Gasteiger charge is -2.24. The Kier molecular flexibility index (Phi) is 7.34. The number of rotatable bonds is 5. The van der Waals surface area contributed by atoms with Gasteiger partial charge in [-0.25, -0.2) is 0 Å². The quantitative estimate of drug-likeness (QED) is 0.869. The van der Waals surface area contributed by atoms with Gasteiger partial charge >= 0.3 is 0 Å². The molecule has 5 heteroatoms. The van der Waals surface area contributed by atoms with E-state index in [1.54, 1.807) is 0 Å². The van der Waals surface area contributed by atoms with Crippen molar-refractivity contribution in [3.8, 4) is 5.75 Å². The molecule has 21 heavy (non-hydrogen) atoms. The van der Waals surface area contributed by atoms with Gasteiger partial charge in [-0.15, -0.1) is 24.2 Å². The van der Waals surface area contributed by atoms with Crippen molar-refractivity contribution in [2.45, 2.75) is 50.2 Å². The lowest BCUT2D eigenvalue weighted by molar-refractivity contribution is 0.0986. The van der Waals surface area contributed by atoms with Gasteiger partial charge in [-0.3, -0.25) is 0 Å². The smallest absolute Gasteiger partial charge is 0.133 e. The van der Waals surface area contributed by atoms with Crippen LogP contribution >= 0.6 is 24.2 Å². The number of aliphatic hydroxyl groups is 1. The summed E-state index contributed by atoms with van der Waals surface area (Å²) >= 11 is 1.86. The van der Waals surface area contributed by atoms with Crippen molar-refractivity contribution >= 4 is 24.2 Å². The van der Waals surface area contributed by atoms with Crippen LogP contribution < -0.4 is 10.1 Å². The molecule has 3 nitrogen and oxygen atoms in total. The Morgan fingerprint density at radius 1 is 1.38 bits per heavy atom. The van der Waals surface area contributed by atoms with Crippen molar-refractivity contribution in [3.05, 3.63) is 23.8 Å². The van der Waals surface area contributed by atoms with Gasteiger partial charge in [0.25, 0.3) is 0 Å². The number of halogens is 1. The van der Waals surface area contributed by atoms with Crippen LogP contribution in [0.1, 0.15) is 32.8 Å². The molecule has 0 aromatic heterocycles. The van der Waals surface area contributed by atoms with E-state index in [1.807, 2.05) is 23.9 Å². The van der Waals surface area contributed by atoms with Gasteiger partial charge in [-0.2, -0.15) is 0 Å². The molecule has 1 aromatic carbocycles. The Balaban J connectivity index is 0.00000220. The minimum atomic E-state index is -0.487. The maximum Gasteiger partial charge on any atom is 0.133 e. The van der Waals surface area contributed by atoms with E-state index in [2.05, 4.69) is 32.2 Å². The summed E-state index contributed by atoms with van der Waals surface area (Å²) in [7, 11) is 0. The van der Waals surface area contributed by atoms with Crippen LogP contribution in [0.25, 0.3) is 0 Å². The first-order valence-electron chi connectivity index (χ1n) is 7.26. The van der Waals surface area contributed by atoms with Crippen LogP contribution in [0, 0.1) is 0 Å². The average molecular weight is 332 g/mol. The molecule has 0 radical (unpaired) electrons. The number of fused-ring (bicyclic) bond motifs is 1. The SMILES string of the molecule is CC(C)(C)NC[C@H](O)COc1cccc2c1SCCC2.Cl. The Hall–Kier alpha value is -0.420. The van der Waals surface area contributed by atoms with E-state index in [9.17, 15) is 5.11 Å². The number of benzene rings is 1. The monoisotopic (exact) mass is 331 g/mol. The highest BCUT2D eigenvalue weighted by molar-refractivity contribution is 7.99. The molecule has 120 valence electrons. The predicted molar refractivity (Wildman–Crippen MR) is 92.0 cm³/mol. The average Bonchev–Trinajstić information content (AvgIpc) is 2.42. The number of aryl methyl sites for hydroxylation is 1. The molecular formula is C16H26ClNO2S. The number of thioether (sulfide) groups is 1. The fourth-order valence-corrected chi connectivity index (χ4v) is 3.26. The molecule has 2 N–H and O–H groups in total. The highest BCUT2D eigenvalue weighted by atomic mass is 35.5. The molecule has 0 amide bonds. The summed E-state index contributed by atoms with van der Waals surface area (Å²) in [6.07, 6.45) is 1.88. The fraction of sp³-hybridized carbons (Fsp3) is 0.625. The molecule has 0 unspecified atom stereocenters. The van der Waals surface area contributed by atoms with Crippen molar-refractivity contribution in [3.63, 3.8) is 0 Å². The summed E-state index contributed by atoms with van der Waals surface area (Å²) in [6, 6.07) is 6.22. The Bertz CT molecular complexity index is 448. The van der Waals surface area contributed by atoms with Gasteiger partial charge in [0.1, 0.15) is 18.5 Å². The van der Waals surface area contributed by atoms with Crippen LogP contribution in [0.4, 0.5) is 0 Å². The molecule has 0 fully saturated rings. The molecule has 1 aliphatic heterocycles. The molecule has 2 rings (SSSR count). The normalized spacial score (nSPS) is 15.8. The zero-order valence-electron chi connectivity index (χ0n) is 13.0. The second-order valence-corrected chi connectivity index (χ2v) is 7.40. The third-order valence-electron chi connectivity index (χ3n) is 3.20. The Morgan fingerprint density at radius 3 is 2.86 bits per heavy atom. The second kappa shape index (κ2) is 8.28. The summed E-state index contributed by atoms with van der Waals surface area (Å²) in [5.41, 5.74) is 1.39. The van der Waals surface area contributed by atoms with Gasteiger partial charge in [0.15, 0.2) is 0 Å². The minimum Gasteiger partial charge on any atom is -0.490 e. The van der Waals surface area contributed by atoms with Crippen LogP contribution in [0.2, 0.25) is 0 Å².